The molecule has 4 fully saturated rings. The molecular formula is C44H54Cl2N12O8S2. The summed E-state index contributed by atoms with van der Waals surface area (Å²) in [6, 6.07) is 3.51. The molecule has 0 aliphatic heterocycles. The Labute approximate surface area is 405 Å². The van der Waals surface area contributed by atoms with Gasteiger partial charge in [-0.25, -0.2) is 36.8 Å². The highest BCUT2D eigenvalue weighted by molar-refractivity contribution is 7.93. The second kappa shape index (κ2) is 20.8. The van der Waals surface area contributed by atoms with E-state index >= 15 is 0 Å². The maximum Gasteiger partial charge on any atom is 0.271 e. The van der Waals surface area contributed by atoms with E-state index in [1.807, 2.05) is 13.8 Å². The summed E-state index contributed by atoms with van der Waals surface area (Å²) in [5.74, 6) is -0.877. The molecule has 2 amide bonds. The highest BCUT2D eigenvalue weighted by atomic mass is 35.5. The Balaban J connectivity index is 0.000000201. The molecule has 2 unspecified atom stereocenters. The summed E-state index contributed by atoms with van der Waals surface area (Å²) in [4.78, 5) is 58.8. The van der Waals surface area contributed by atoms with Crippen LogP contribution in [0.25, 0.3) is 0 Å². The first-order valence-corrected chi connectivity index (χ1v) is 26.0. The van der Waals surface area contributed by atoms with E-state index in [-0.39, 0.29) is 46.2 Å². The number of amidine groups is 2. The van der Waals surface area contributed by atoms with E-state index in [0.29, 0.717) is 21.2 Å². The fourth-order valence-electron chi connectivity index (χ4n) is 7.73. The van der Waals surface area contributed by atoms with Crippen LogP contribution in [-0.4, -0.2) is 119 Å². The molecule has 8 rings (SSSR count). The molecule has 4 saturated carbocycles. The van der Waals surface area contributed by atoms with Crippen molar-refractivity contribution >= 4 is 66.4 Å². The van der Waals surface area contributed by atoms with Crippen LogP contribution in [0.3, 0.4) is 0 Å². The van der Waals surface area contributed by atoms with Crippen molar-refractivity contribution in [2.75, 3.05) is 25.7 Å². The number of nitrogens with zero attached hydrogens (tertiary/aromatic N) is 8. The molecule has 364 valence electrons. The summed E-state index contributed by atoms with van der Waals surface area (Å²) in [6.07, 6.45) is 16.2. The van der Waals surface area contributed by atoms with Crippen LogP contribution in [0.15, 0.2) is 71.7 Å². The first-order valence-electron chi connectivity index (χ1n) is 21.8. The van der Waals surface area contributed by atoms with E-state index in [2.05, 4.69) is 61.6 Å². The maximum atomic E-state index is 13.3. The number of nitrogens with one attached hydrogen (secondary N) is 4. The number of carbonyl (C=O) groups excluding carboxylic acids is 2. The molecule has 0 radical (unpaired) electrons. The Morgan fingerprint density at radius 3 is 1.28 bits per heavy atom. The van der Waals surface area contributed by atoms with E-state index in [4.69, 9.17) is 32.7 Å². The summed E-state index contributed by atoms with van der Waals surface area (Å²) in [6.45, 7) is 6.74. The van der Waals surface area contributed by atoms with Gasteiger partial charge in [0.05, 0.1) is 43.8 Å². The van der Waals surface area contributed by atoms with Crippen molar-refractivity contribution in [2.45, 2.75) is 101 Å². The lowest BCUT2D eigenvalue weighted by Crippen LogP contribution is -2.46. The van der Waals surface area contributed by atoms with E-state index in [1.54, 1.807) is 24.5 Å². The van der Waals surface area contributed by atoms with Gasteiger partial charge in [-0.15, -0.1) is 0 Å². The average Bonchev–Trinajstić information content (AvgIpc) is 4.18. The third-order valence-corrected chi connectivity index (χ3v) is 17.1. The lowest BCUT2D eigenvalue weighted by Gasteiger charge is -2.22. The van der Waals surface area contributed by atoms with E-state index in [9.17, 15) is 26.4 Å². The molecule has 4 aromatic rings. The Bertz CT molecular complexity index is 2590. The average molecular weight is 1010 g/mol. The van der Waals surface area contributed by atoms with Crippen molar-refractivity contribution < 1.29 is 35.9 Å². The number of aliphatic imine (C=N–C) groups is 2. The molecule has 4 N–H and O–H groups in total. The Kier molecular flexibility index (Phi) is 15.5. The number of aryl methyl sites for hydroxylation is 2. The number of rotatable bonds is 16. The van der Waals surface area contributed by atoms with Gasteiger partial charge < -0.3 is 9.47 Å². The molecule has 20 nitrogen and oxygen atoms in total. The van der Waals surface area contributed by atoms with Crippen LogP contribution in [0.4, 0.5) is 0 Å². The van der Waals surface area contributed by atoms with Crippen LogP contribution in [-0.2, 0) is 29.1 Å². The van der Waals surface area contributed by atoms with E-state index in [1.165, 1.54) is 65.2 Å². The highest BCUT2D eigenvalue weighted by Crippen LogP contribution is 2.68. The zero-order chi connectivity index (χ0) is 49.0. The minimum absolute atomic E-state index is 0.0656. The summed E-state index contributed by atoms with van der Waals surface area (Å²) in [5, 5.41) is -1.27. The number of methoxy groups -OCH3 is 2. The van der Waals surface area contributed by atoms with Gasteiger partial charge in [-0.1, -0.05) is 23.2 Å². The van der Waals surface area contributed by atoms with Crippen molar-refractivity contribution in [2.24, 2.45) is 20.8 Å². The van der Waals surface area contributed by atoms with Gasteiger partial charge in [0.2, 0.25) is 0 Å². The quantitative estimate of drug-likeness (QED) is 0.0687. The first-order chi connectivity index (χ1) is 32.3. The molecule has 0 saturated heterocycles. The Morgan fingerprint density at radius 2 is 0.985 bits per heavy atom. The van der Waals surface area contributed by atoms with E-state index < -0.39 is 65.7 Å². The third-order valence-electron chi connectivity index (χ3n) is 12.6. The summed E-state index contributed by atoms with van der Waals surface area (Å²) in [7, 11) is -4.75. The fraction of sp³-hybridized carbons (Fsp3) is 0.500. The monoisotopic (exact) mass is 1010 g/mol. The topological polar surface area (TPSA) is 271 Å². The number of hydrazine groups is 2. The largest absolute Gasteiger partial charge is 0.372 e. The lowest BCUT2D eigenvalue weighted by atomic mass is 10.2. The molecule has 68 heavy (non-hydrogen) atoms. The van der Waals surface area contributed by atoms with Crippen LogP contribution in [0.5, 0.6) is 0 Å². The molecule has 0 aromatic carbocycles. The van der Waals surface area contributed by atoms with Crippen LogP contribution in [0.1, 0.15) is 108 Å². The number of hydrogen-bond acceptors (Lipinski definition) is 16. The maximum absolute atomic E-state index is 13.3. The van der Waals surface area contributed by atoms with Crippen LogP contribution in [0.2, 0.25) is 10.0 Å². The molecule has 24 heteroatoms. The SMILES string of the molecule is CO[C@H](c1ncc(Cl)cn1)[C@H](C)S(=O)(=O)CC(=NC1CC12CC2)NNC(=O)c1cncc(C)c1.CO[C@H](c1ncc(Cl)cn1)[C@H](C)S(=O)(=O)CC(=NC1CC12CC2)NNC(=O)c1cncc(C)c1. The highest BCUT2D eigenvalue weighted by Gasteiger charge is 2.64. The van der Waals surface area contributed by atoms with Gasteiger partial charge in [0.15, 0.2) is 31.3 Å². The zero-order valence-electron chi connectivity index (χ0n) is 38.3. The number of pyridine rings is 2. The fourth-order valence-corrected chi connectivity index (χ4v) is 10.7. The van der Waals surface area contributed by atoms with Crippen LogP contribution < -0.4 is 21.7 Å². The van der Waals surface area contributed by atoms with Crippen LogP contribution in [0, 0.1) is 24.7 Å². The number of carbonyl (C=O) groups is 2. The number of hydrogen-bond donors (Lipinski definition) is 4. The molecule has 4 heterocycles. The standard InChI is InChI=1S/2C22H27ClN6O4S/c2*1-13-6-15(9-24-8-13)21(30)29-28-18(27-17-7-22(17)4-5-22)12-34(31,32)14(2)19(33-3)20-25-10-16(23)11-26-20/h2*6,8-11,14,17,19H,4-5,7,12H2,1-3H3,(H,27,28)(H,29,30)/t2*14-,17?,19-/m00/s1. The van der Waals surface area contributed by atoms with Gasteiger partial charge in [0.25, 0.3) is 11.8 Å². The Hall–Kier alpha value is -5.26. The van der Waals surface area contributed by atoms with Crippen molar-refractivity contribution in [3.8, 4) is 0 Å². The van der Waals surface area contributed by atoms with Gasteiger partial charge in [0.1, 0.15) is 35.4 Å². The number of aromatic nitrogens is 6. The number of ether oxygens (including phenoxy) is 2. The molecule has 2 spiro atoms. The summed E-state index contributed by atoms with van der Waals surface area (Å²) < 4.78 is 64.1. The third kappa shape index (κ3) is 12.7. The predicted octanol–water partition coefficient (Wildman–Crippen LogP) is 4.42. The van der Waals surface area contributed by atoms with Crippen molar-refractivity contribution in [1.29, 1.82) is 0 Å². The number of amides is 2. The molecular weight excluding hydrogens is 960 g/mol. The lowest BCUT2D eigenvalue weighted by molar-refractivity contribution is 0.0935. The molecule has 6 atom stereocenters. The number of sulfone groups is 2. The van der Waals surface area contributed by atoms with Gasteiger partial charge >= 0.3 is 0 Å². The van der Waals surface area contributed by atoms with Crippen molar-refractivity contribution in [1.82, 2.24) is 51.6 Å². The minimum atomic E-state index is -3.78. The minimum Gasteiger partial charge on any atom is -0.372 e. The molecule has 4 aromatic heterocycles. The summed E-state index contributed by atoms with van der Waals surface area (Å²) in [5.41, 5.74) is 13.4. The number of halogens is 2. The van der Waals surface area contributed by atoms with Crippen LogP contribution >= 0.6 is 23.2 Å². The zero-order valence-corrected chi connectivity index (χ0v) is 41.5. The predicted molar refractivity (Wildman–Crippen MR) is 254 cm³/mol. The van der Waals surface area contributed by atoms with Gasteiger partial charge in [0, 0.05) is 63.8 Å². The molecule has 4 aliphatic rings. The first kappa shape index (κ1) is 50.6. The molecule has 0 bridgehead atoms. The summed E-state index contributed by atoms with van der Waals surface area (Å²) >= 11 is 11.7. The smallest absolute Gasteiger partial charge is 0.271 e. The second-order valence-corrected chi connectivity index (χ2v) is 23.4. The second-order valence-electron chi connectivity index (χ2n) is 17.8. The van der Waals surface area contributed by atoms with Crippen molar-refractivity contribution in [3.63, 3.8) is 0 Å². The van der Waals surface area contributed by atoms with Crippen molar-refractivity contribution in [3.05, 3.63) is 106 Å². The molecule has 4 aliphatic carbocycles. The van der Waals surface area contributed by atoms with Gasteiger partial charge in [-0.2, -0.15) is 0 Å². The van der Waals surface area contributed by atoms with Gasteiger partial charge in [-0.05, 0) is 100 Å². The Morgan fingerprint density at radius 1 is 0.632 bits per heavy atom. The normalized spacial score (nSPS) is 20.5. The van der Waals surface area contributed by atoms with Gasteiger partial charge in [-0.3, -0.25) is 51.2 Å². The van der Waals surface area contributed by atoms with E-state index in [0.717, 1.165) is 49.7 Å².